The molecule has 1 saturated heterocycles. The van der Waals surface area contributed by atoms with Crippen molar-refractivity contribution in [2.75, 3.05) is 13.7 Å². The maximum Gasteiger partial charge on any atom is 0.347 e. The highest BCUT2D eigenvalue weighted by molar-refractivity contribution is 7.13. The van der Waals surface area contributed by atoms with E-state index in [1.165, 1.54) is 24.9 Å². The second-order valence-corrected chi connectivity index (χ2v) is 5.40. The quantitative estimate of drug-likeness (QED) is 0.888. The number of thiazole rings is 1. The Morgan fingerprint density at radius 3 is 3.06 bits per heavy atom. The molecule has 1 unspecified atom stereocenters. The first-order chi connectivity index (χ1) is 8.70. The molecule has 1 N–H and O–H groups in total. The van der Waals surface area contributed by atoms with Gasteiger partial charge in [-0.2, -0.15) is 0 Å². The van der Waals surface area contributed by atoms with E-state index in [1.807, 2.05) is 0 Å². The van der Waals surface area contributed by atoms with Gasteiger partial charge in [-0.3, -0.25) is 0 Å². The molecular weight excluding hydrogens is 254 g/mol. The standard InChI is InChI=1S/C12H17NO4S/c1-16-7-9-11(12(14)15)18-10(13-9)6-8-4-2-3-5-17-8/h8H,2-7H2,1H3,(H,14,15). The lowest BCUT2D eigenvalue weighted by Gasteiger charge is -2.21. The number of aromatic carboxylic acids is 1. The number of hydrogen-bond acceptors (Lipinski definition) is 5. The summed E-state index contributed by atoms with van der Waals surface area (Å²) in [5, 5.41) is 9.92. The number of methoxy groups -OCH3 is 1. The molecule has 100 valence electrons. The van der Waals surface area contributed by atoms with Gasteiger partial charge in [0.15, 0.2) is 0 Å². The minimum absolute atomic E-state index is 0.182. The third-order valence-electron chi connectivity index (χ3n) is 2.89. The number of carboxylic acids is 1. The summed E-state index contributed by atoms with van der Waals surface area (Å²) >= 11 is 1.23. The van der Waals surface area contributed by atoms with Crippen LogP contribution in [0, 0.1) is 0 Å². The molecule has 1 aromatic rings. The molecule has 1 aliphatic rings. The molecule has 0 spiro atoms. The maximum atomic E-state index is 11.1. The normalized spacial score (nSPS) is 19.9. The first-order valence-electron chi connectivity index (χ1n) is 6.03. The van der Waals surface area contributed by atoms with Gasteiger partial charge < -0.3 is 14.6 Å². The minimum Gasteiger partial charge on any atom is -0.477 e. The minimum atomic E-state index is -0.935. The SMILES string of the molecule is COCc1nc(CC2CCCCO2)sc1C(=O)O. The van der Waals surface area contributed by atoms with Crippen LogP contribution in [0.25, 0.3) is 0 Å². The number of aromatic nitrogens is 1. The molecule has 6 heteroatoms. The predicted molar refractivity (Wildman–Crippen MR) is 67.1 cm³/mol. The van der Waals surface area contributed by atoms with Crippen molar-refractivity contribution in [3.63, 3.8) is 0 Å². The predicted octanol–water partition coefficient (Wildman–Crippen LogP) is 2.10. The van der Waals surface area contributed by atoms with E-state index in [-0.39, 0.29) is 17.6 Å². The van der Waals surface area contributed by atoms with Crippen LogP contribution in [0.2, 0.25) is 0 Å². The van der Waals surface area contributed by atoms with Crippen LogP contribution in [-0.4, -0.2) is 35.9 Å². The van der Waals surface area contributed by atoms with E-state index in [0.29, 0.717) is 12.1 Å². The fourth-order valence-corrected chi connectivity index (χ4v) is 3.02. The van der Waals surface area contributed by atoms with Crippen LogP contribution in [0.3, 0.4) is 0 Å². The largest absolute Gasteiger partial charge is 0.477 e. The summed E-state index contributed by atoms with van der Waals surface area (Å²) in [4.78, 5) is 15.7. The highest BCUT2D eigenvalue weighted by atomic mass is 32.1. The third kappa shape index (κ3) is 3.28. The van der Waals surface area contributed by atoms with Crippen molar-refractivity contribution in [3.05, 3.63) is 15.6 Å². The molecule has 0 amide bonds. The molecule has 1 aromatic heterocycles. The molecule has 1 fully saturated rings. The highest BCUT2D eigenvalue weighted by Gasteiger charge is 2.21. The Balaban J connectivity index is 2.07. The van der Waals surface area contributed by atoms with E-state index < -0.39 is 5.97 Å². The summed E-state index contributed by atoms with van der Waals surface area (Å²) in [5.41, 5.74) is 0.515. The molecule has 5 nitrogen and oxygen atoms in total. The van der Waals surface area contributed by atoms with Gasteiger partial charge in [0, 0.05) is 20.1 Å². The Bertz CT molecular complexity index is 412. The van der Waals surface area contributed by atoms with Crippen LogP contribution in [-0.2, 0) is 22.5 Å². The Morgan fingerprint density at radius 1 is 1.61 bits per heavy atom. The first-order valence-corrected chi connectivity index (χ1v) is 6.84. The molecule has 0 bridgehead atoms. The van der Waals surface area contributed by atoms with Gasteiger partial charge in [0.2, 0.25) is 0 Å². The smallest absolute Gasteiger partial charge is 0.347 e. The molecule has 0 radical (unpaired) electrons. The maximum absolute atomic E-state index is 11.1. The van der Waals surface area contributed by atoms with E-state index >= 15 is 0 Å². The Kier molecular flexibility index (Phi) is 4.68. The number of carboxylic acid groups (broad SMARTS) is 1. The van der Waals surface area contributed by atoms with Crippen LogP contribution in [0.1, 0.15) is 39.6 Å². The van der Waals surface area contributed by atoms with Crippen LogP contribution in [0.15, 0.2) is 0 Å². The van der Waals surface area contributed by atoms with E-state index in [1.54, 1.807) is 0 Å². The number of rotatable bonds is 5. The zero-order valence-electron chi connectivity index (χ0n) is 10.3. The average Bonchev–Trinajstić information content (AvgIpc) is 2.74. The van der Waals surface area contributed by atoms with Gasteiger partial charge in [-0.25, -0.2) is 9.78 Å². The van der Waals surface area contributed by atoms with E-state index in [4.69, 9.17) is 14.6 Å². The van der Waals surface area contributed by atoms with Gasteiger partial charge in [0.25, 0.3) is 0 Å². The lowest BCUT2D eigenvalue weighted by molar-refractivity contribution is 0.0167. The van der Waals surface area contributed by atoms with Gasteiger partial charge in [-0.05, 0) is 19.3 Å². The van der Waals surface area contributed by atoms with Gasteiger partial charge in [-0.1, -0.05) is 0 Å². The number of ether oxygens (including phenoxy) is 2. The van der Waals surface area contributed by atoms with Crippen LogP contribution in [0.4, 0.5) is 0 Å². The molecule has 1 aliphatic heterocycles. The topological polar surface area (TPSA) is 68.7 Å². The third-order valence-corrected chi connectivity index (χ3v) is 4.00. The van der Waals surface area contributed by atoms with E-state index in [0.717, 1.165) is 24.5 Å². The molecule has 0 aliphatic carbocycles. The van der Waals surface area contributed by atoms with Crippen molar-refractivity contribution >= 4 is 17.3 Å². The van der Waals surface area contributed by atoms with Crippen molar-refractivity contribution in [1.82, 2.24) is 4.98 Å². The summed E-state index contributed by atoms with van der Waals surface area (Å²) in [5.74, 6) is -0.935. The van der Waals surface area contributed by atoms with E-state index in [2.05, 4.69) is 4.98 Å². The number of carbonyl (C=O) groups is 1. The molecule has 18 heavy (non-hydrogen) atoms. The van der Waals surface area contributed by atoms with Gasteiger partial charge >= 0.3 is 5.97 Å². The Morgan fingerprint density at radius 2 is 2.44 bits per heavy atom. The second kappa shape index (κ2) is 6.26. The van der Waals surface area contributed by atoms with Crippen molar-refractivity contribution in [2.24, 2.45) is 0 Å². The fourth-order valence-electron chi connectivity index (χ4n) is 2.05. The molecule has 2 rings (SSSR count). The molecule has 0 saturated carbocycles. The van der Waals surface area contributed by atoms with Crippen molar-refractivity contribution in [2.45, 2.75) is 38.4 Å². The molecule has 2 heterocycles. The van der Waals surface area contributed by atoms with Gasteiger partial charge in [0.1, 0.15) is 4.88 Å². The zero-order chi connectivity index (χ0) is 13.0. The molecular formula is C12H17NO4S. The first kappa shape index (κ1) is 13.5. The highest BCUT2D eigenvalue weighted by Crippen LogP contribution is 2.24. The monoisotopic (exact) mass is 271 g/mol. The summed E-state index contributed by atoms with van der Waals surface area (Å²) in [7, 11) is 1.54. The summed E-state index contributed by atoms with van der Waals surface area (Å²) in [6, 6.07) is 0. The van der Waals surface area contributed by atoms with Gasteiger partial charge in [0.05, 0.1) is 23.4 Å². The van der Waals surface area contributed by atoms with Gasteiger partial charge in [-0.15, -0.1) is 11.3 Å². The molecule has 1 atom stereocenters. The van der Waals surface area contributed by atoms with Crippen molar-refractivity contribution in [3.8, 4) is 0 Å². The average molecular weight is 271 g/mol. The summed E-state index contributed by atoms with van der Waals surface area (Å²) in [6.45, 7) is 1.04. The van der Waals surface area contributed by atoms with Crippen LogP contribution in [0.5, 0.6) is 0 Å². The number of nitrogens with zero attached hydrogens (tertiary/aromatic N) is 1. The van der Waals surface area contributed by atoms with Crippen LogP contribution >= 0.6 is 11.3 Å². The van der Waals surface area contributed by atoms with Crippen molar-refractivity contribution < 1.29 is 19.4 Å². The lowest BCUT2D eigenvalue weighted by atomic mass is 10.1. The fraction of sp³-hybridized carbons (Fsp3) is 0.667. The Labute approximate surface area is 110 Å². The zero-order valence-corrected chi connectivity index (χ0v) is 11.2. The number of hydrogen-bond donors (Lipinski definition) is 1. The second-order valence-electron chi connectivity index (χ2n) is 4.31. The lowest BCUT2D eigenvalue weighted by Crippen LogP contribution is -2.21. The van der Waals surface area contributed by atoms with Crippen molar-refractivity contribution in [1.29, 1.82) is 0 Å². The summed E-state index contributed by atoms with van der Waals surface area (Å²) in [6.07, 6.45) is 4.20. The van der Waals surface area contributed by atoms with Crippen LogP contribution < -0.4 is 0 Å². The Hall–Kier alpha value is -0.980. The molecule has 0 aromatic carbocycles. The summed E-state index contributed by atoms with van der Waals surface area (Å²) < 4.78 is 10.6. The van der Waals surface area contributed by atoms with E-state index in [9.17, 15) is 4.79 Å².